The molecule has 0 aliphatic carbocycles. The molecule has 0 fully saturated rings. The number of pyridine rings is 1. The van der Waals surface area contributed by atoms with Gasteiger partial charge in [0.15, 0.2) is 0 Å². The molecular weight excluding hydrogens is 224 g/mol. The Morgan fingerprint density at radius 2 is 2.11 bits per heavy atom. The lowest BCUT2D eigenvalue weighted by Crippen LogP contribution is -2.35. The topological polar surface area (TPSA) is 42.7 Å². The third kappa shape index (κ3) is 3.67. The smallest absolute Gasteiger partial charge is 0.0949 e. The number of hydrogen-bond donors (Lipinski definition) is 1. The molecule has 96 valence electrons. The van der Waals surface area contributed by atoms with Crippen molar-refractivity contribution in [2.75, 3.05) is 0 Å². The van der Waals surface area contributed by atoms with Gasteiger partial charge in [0.2, 0.25) is 0 Å². The van der Waals surface area contributed by atoms with E-state index in [-0.39, 0.29) is 5.54 Å². The standard InChI is InChI=1S/C14H20N4/c1-14(2,3)17-9-12-5-4-6-16-13(12)10-18-8-7-15-11-18/h4-8,11,17H,9-10H2,1-3H3. The summed E-state index contributed by atoms with van der Waals surface area (Å²) >= 11 is 0. The molecule has 0 saturated heterocycles. The molecule has 0 aliphatic heterocycles. The monoisotopic (exact) mass is 244 g/mol. The third-order valence-electron chi connectivity index (χ3n) is 2.69. The van der Waals surface area contributed by atoms with E-state index in [4.69, 9.17) is 0 Å². The molecule has 0 spiro atoms. The minimum atomic E-state index is 0.113. The zero-order valence-electron chi connectivity index (χ0n) is 11.2. The van der Waals surface area contributed by atoms with Gasteiger partial charge in [0, 0.05) is 30.7 Å². The first-order valence-corrected chi connectivity index (χ1v) is 6.18. The van der Waals surface area contributed by atoms with Crippen molar-refractivity contribution in [1.82, 2.24) is 19.9 Å². The van der Waals surface area contributed by atoms with Crippen molar-refractivity contribution < 1.29 is 0 Å². The first kappa shape index (κ1) is 12.8. The van der Waals surface area contributed by atoms with Gasteiger partial charge < -0.3 is 9.88 Å². The van der Waals surface area contributed by atoms with E-state index in [0.29, 0.717) is 0 Å². The van der Waals surface area contributed by atoms with Gasteiger partial charge in [-0.15, -0.1) is 0 Å². The number of hydrogen-bond acceptors (Lipinski definition) is 3. The molecule has 0 aliphatic rings. The molecule has 2 heterocycles. The van der Waals surface area contributed by atoms with E-state index in [1.165, 1.54) is 5.56 Å². The van der Waals surface area contributed by atoms with Gasteiger partial charge >= 0.3 is 0 Å². The van der Waals surface area contributed by atoms with Crippen LogP contribution in [-0.2, 0) is 13.1 Å². The van der Waals surface area contributed by atoms with E-state index in [0.717, 1.165) is 18.8 Å². The number of rotatable bonds is 4. The first-order valence-electron chi connectivity index (χ1n) is 6.18. The quantitative estimate of drug-likeness (QED) is 0.896. The highest BCUT2D eigenvalue weighted by atomic mass is 15.0. The molecule has 0 unspecified atom stereocenters. The van der Waals surface area contributed by atoms with Crippen molar-refractivity contribution in [3.05, 3.63) is 48.3 Å². The lowest BCUT2D eigenvalue weighted by molar-refractivity contribution is 0.422. The van der Waals surface area contributed by atoms with Gasteiger partial charge in [-0.25, -0.2) is 4.98 Å². The van der Waals surface area contributed by atoms with Crippen LogP contribution >= 0.6 is 0 Å². The third-order valence-corrected chi connectivity index (χ3v) is 2.69. The zero-order chi connectivity index (χ0) is 13.0. The largest absolute Gasteiger partial charge is 0.331 e. The minimum Gasteiger partial charge on any atom is -0.331 e. The lowest BCUT2D eigenvalue weighted by Gasteiger charge is -2.21. The van der Waals surface area contributed by atoms with E-state index in [2.05, 4.69) is 42.1 Å². The van der Waals surface area contributed by atoms with Crippen molar-refractivity contribution in [3.63, 3.8) is 0 Å². The second-order valence-electron chi connectivity index (χ2n) is 5.45. The number of nitrogens with one attached hydrogen (secondary N) is 1. The Balaban J connectivity index is 2.10. The van der Waals surface area contributed by atoms with Crippen LogP contribution in [0.1, 0.15) is 32.0 Å². The summed E-state index contributed by atoms with van der Waals surface area (Å²) in [7, 11) is 0. The lowest BCUT2D eigenvalue weighted by atomic mass is 10.1. The average molecular weight is 244 g/mol. The van der Waals surface area contributed by atoms with Crippen LogP contribution in [0.5, 0.6) is 0 Å². The first-order chi connectivity index (χ1) is 8.54. The summed E-state index contributed by atoms with van der Waals surface area (Å²) < 4.78 is 2.03. The maximum Gasteiger partial charge on any atom is 0.0949 e. The van der Waals surface area contributed by atoms with Crippen molar-refractivity contribution >= 4 is 0 Å². The van der Waals surface area contributed by atoms with Gasteiger partial charge in [-0.05, 0) is 32.4 Å². The summed E-state index contributed by atoms with van der Waals surface area (Å²) in [4.78, 5) is 8.52. The fraction of sp³-hybridized carbons (Fsp3) is 0.429. The van der Waals surface area contributed by atoms with Gasteiger partial charge in [0.1, 0.15) is 0 Å². The summed E-state index contributed by atoms with van der Waals surface area (Å²) in [6, 6.07) is 4.11. The van der Waals surface area contributed by atoms with Crippen molar-refractivity contribution in [2.45, 2.75) is 39.4 Å². The van der Waals surface area contributed by atoms with Gasteiger partial charge in [-0.3, -0.25) is 4.98 Å². The number of aromatic nitrogens is 3. The van der Waals surface area contributed by atoms with E-state index >= 15 is 0 Å². The Morgan fingerprint density at radius 3 is 2.78 bits per heavy atom. The van der Waals surface area contributed by atoms with Gasteiger partial charge in [-0.1, -0.05) is 6.07 Å². The molecule has 18 heavy (non-hydrogen) atoms. The van der Waals surface area contributed by atoms with Crippen molar-refractivity contribution in [3.8, 4) is 0 Å². The van der Waals surface area contributed by atoms with Crippen LogP contribution in [0.2, 0.25) is 0 Å². The van der Waals surface area contributed by atoms with E-state index < -0.39 is 0 Å². The van der Waals surface area contributed by atoms with Crippen LogP contribution < -0.4 is 5.32 Å². The van der Waals surface area contributed by atoms with E-state index in [9.17, 15) is 0 Å². The average Bonchev–Trinajstić information content (AvgIpc) is 2.80. The number of imidazole rings is 1. The fourth-order valence-corrected chi connectivity index (χ4v) is 1.69. The summed E-state index contributed by atoms with van der Waals surface area (Å²) in [5.74, 6) is 0. The Hall–Kier alpha value is -1.68. The van der Waals surface area contributed by atoms with Gasteiger partial charge in [0.25, 0.3) is 0 Å². The fourth-order valence-electron chi connectivity index (χ4n) is 1.69. The molecule has 1 N–H and O–H groups in total. The van der Waals surface area contributed by atoms with Gasteiger partial charge in [-0.2, -0.15) is 0 Å². The van der Waals surface area contributed by atoms with E-state index in [1.54, 1.807) is 6.20 Å². The SMILES string of the molecule is CC(C)(C)NCc1cccnc1Cn1ccnc1. The molecular formula is C14H20N4. The minimum absolute atomic E-state index is 0.113. The molecule has 0 bridgehead atoms. The maximum atomic E-state index is 4.47. The summed E-state index contributed by atoms with van der Waals surface area (Å²) in [6.07, 6.45) is 7.40. The molecule has 0 saturated carbocycles. The molecule has 0 amide bonds. The molecule has 0 aromatic carbocycles. The van der Waals surface area contributed by atoms with Crippen LogP contribution in [0.3, 0.4) is 0 Å². The predicted molar refractivity (Wildman–Crippen MR) is 72.2 cm³/mol. The molecule has 2 aromatic rings. The highest BCUT2D eigenvalue weighted by Crippen LogP contribution is 2.09. The van der Waals surface area contributed by atoms with E-state index in [1.807, 2.05) is 29.4 Å². The highest BCUT2D eigenvalue weighted by molar-refractivity contribution is 5.20. The summed E-state index contributed by atoms with van der Waals surface area (Å²) in [5, 5.41) is 3.49. The zero-order valence-corrected chi connectivity index (χ0v) is 11.2. The number of nitrogens with zero attached hydrogens (tertiary/aromatic N) is 3. The second kappa shape index (κ2) is 5.31. The van der Waals surface area contributed by atoms with Crippen LogP contribution in [0, 0.1) is 0 Å². The molecule has 0 radical (unpaired) electrons. The molecule has 2 rings (SSSR count). The Kier molecular flexibility index (Phi) is 3.77. The normalized spacial score (nSPS) is 11.7. The van der Waals surface area contributed by atoms with Crippen molar-refractivity contribution in [2.24, 2.45) is 0 Å². The highest BCUT2D eigenvalue weighted by Gasteiger charge is 2.10. The van der Waals surface area contributed by atoms with Crippen LogP contribution in [-0.4, -0.2) is 20.1 Å². The molecule has 0 atom stereocenters. The Bertz CT molecular complexity index is 483. The molecule has 4 nitrogen and oxygen atoms in total. The van der Waals surface area contributed by atoms with Crippen LogP contribution in [0.4, 0.5) is 0 Å². The predicted octanol–water partition coefficient (Wildman–Crippen LogP) is 2.21. The van der Waals surface area contributed by atoms with Crippen molar-refractivity contribution in [1.29, 1.82) is 0 Å². The van der Waals surface area contributed by atoms with Crippen LogP contribution in [0.25, 0.3) is 0 Å². The molecule has 4 heteroatoms. The van der Waals surface area contributed by atoms with Gasteiger partial charge in [0.05, 0.1) is 18.6 Å². The summed E-state index contributed by atoms with van der Waals surface area (Å²) in [5.41, 5.74) is 2.44. The molecule has 2 aromatic heterocycles. The maximum absolute atomic E-state index is 4.47. The Morgan fingerprint density at radius 1 is 1.28 bits per heavy atom. The Labute approximate surface area is 108 Å². The van der Waals surface area contributed by atoms with Crippen LogP contribution in [0.15, 0.2) is 37.1 Å². The second-order valence-corrected chi connectivity index (χ2v) is 5.45. The summed E-state index contributed by atoms with van der Waals surface area (Å²) in [6.45, 7) is 8.10.